The molecule has 0 aliphatic rings. The van der Waals surface area contributed by atoms with Gasteiger partial charge in [0.1, 0.15) is 17.2 Å². The number of methoxy groups -OCH3 is 1. The molecule has 0 spiro atoms. The molecule has 2 rings (SSSR count). The summed E-state index contributed by atoms with van der Waals surface area (Å²) in [7, 11) is 1.52. The van der Waals surface area contributed by atoms with Crippen LogP contribution in [0.4, 0.5) is 14.5 Å². The summed E-state index contributed by atoms with van der Waals surface area (Å²) in [4.78, 5) is 23.4. The first-order valence-corrected chi connectivity index (χ1v) is 7.74. The first kappa shape index (κ1) is 20.0. The van der Waals surface area contributed by atoms with Crippen LogP contribution in [0.5, 0.6) is 17.2 Å². The molecule has 0 bridgehead atoms. The quantitative estimate of drug-likeness (QED) is 0.673. The van der Waals surface area contributed by atoms with Crippen molar-refractivity contribution in [2.75, 3.05) is 25.6 Å². The van der Waals surface area contributed by atoms with Gasteiger partial charge < -0.3 is 24.3 Å². The Balaban J connectivity index is 1.77. The highest BCUT2D eigenvalue weighted by molar-refractivity contribution is 5.94. The smallest absolute Gasteiger partial charge is 0.387 e. The fourth-order valence-corrected chi connectivity index (χ4v) is 1.96. The topological polar surface area (TPSA) is 83.1 Å². The number of benzene rings is 2. The van der Waals surface area contributed by atoms with Gasteiger partial charge in [-0.05, 0) is 36.4 Å². The van der Waals surface area contributed by atoms with E-state index in [0.29, 0.717) is 11.5 Å². The summed E-state index contributed by atoms with van der Waals surface area (Å²) in [5, 5.41) is 2.33. The SMILES string of the molecule is COc1ccc(OCC(=O)OCC(=O)Nc2ccccc2OC(F)F)cc1. The number of carbonyl (C=O) groups is 2. The first-order valence-electron chi connectivity index (χ1n) is 7.74. The fraction of sp³-hybridized carbons (Fsp3) is 0.222. The Morgan fingerprint density at radius 1 is 1.00 bits per heavy atom. The number of esters is 1. The third-order valence-electron chi connectivity index (χ3n) is 3.16. The van der Waals surface area contributed by atoms with Crippen molar-refractivity contribution < 1.29 is 37.3 Å². The van der Waals surface area contributed by atoms with Crippen molar-refractivity contribution >= 4 is 17.6 Å². The summed E-state index contributed by atoms with van der Waals surface area (Å²) in [5.41, 5.74) is 0.0355. The van der Waals surface area contributed by atoms with E-state index < -0.39 is 31.7 Å². The Morgan fingerprint density at radius 3 is 2.33 bits per heavy atom. The second-order valence-corrected chi connectivity index (χ2v) is 5.05. The molecule has 2 aromatic rings. The predicted molar refractivity (Wildman–Crippen MR) is 91.2 cm³/mol. The van der Waals surface area contributed by atoms with E-state index in [2.05, 4.69) is 10.1 Å². The number of hydrogen-bond donors (Lipinski definition) is 1. The predicted octanol–water partition coefficient (Wildman–Crippen LogP) is 2.86. The van der Waals surface area contributed by atoms with E-state index in [4.69, 9.17) is 14.2 Å². The van der Waals surface area contributed by atoms with Gasteiger partial charge in [-0.1, -0.05) is 12.1 Å². The van der Waals surface area contributed by atoms with E-state index >= 15 is 0 Å². The zero-order valence-corrected chi connectivity index (χ0v) is 14.3. The van der Waals surface area contributed by atoms with Gasteiger partial charge in [0.15, 0.2) is 13.2 Å². The van der Waals surface area contributed by atoms with Crippen LogP contribution in [-0.2, 0) is 14.3 Å². The second kappa shape index (κ2) is 9.95. The monoisotopic (exact) mass is 381 g/mol. The van der Waals surface area contributed by atoms with Crippen molar-refractivity contribution in [3.05, 3.63) is 48.5 Å². The van der Waals surface area contributed by atoms with E-state index in [-0.39, 0.29) is 11.4 Å². The molecule has 1 N–H and O–H groups in total. The van der Waals surface area contributed by atoms with Crippen molar-refractivity contribution in [2.45, 2.75) is 6.61 Å². The summed E-state index contributed by atoms with van der Waals surface area (Å²) >= 11 is 0. The molecular formula is C18H17F2NO6. The molecule has 0 unspecified atom stereocenters. The molecule has 0 heterocycles. The first-order chi connectivity index (χ1) is 13.0. The van der Waals surface area contributed by atoms with Crippen LogP contribution < -0.4 is 19.5 Å². The van der Waals surface area contributed by atoms with Crippen LogP contribution in [0, 0.1) is 0 Å². The maximum Gasteiger partial charge on any atom is 0.387 e. The molecule has 0 aliphatic heterocycles. The zero-order chi connectivity index (χ0) is 19.6. The standard InChI is InChI=1S/C18H17F2NO6/c1-24-12-6-8-13(9-7-12)25-11-17(23)26-10-16(22)21-14-4-2-3-5-15(14)27-18(19)20/h2-9,18H,10-11H2,1H3,(H,21,22). The molecule has 0 aromatic heterocycles. The van der Waals surface area contributed by atoms with Crippen molar-refractivity contribution in [1.82, 2.24) is 0 Å². The summed E-state index contributed by atoms with van der Waals surface area (Å²) in [6.45, 7) is -4.03. The van der Waals surface area contributed by atoms with Crippen LogP contribution in [-0.4, -0.2) is 38.8 Å². The number of ether oxygens (including phenoxy) is 4. The number of hydrogen-bond acceptors (Lipinski definition) is 6. The van der Waals surface area contributed by atoms with Crippen LogP contribution >= 0.6 is 0 Å². The number of halogens is 2. The molecule has 7 nitrogen and oxygen atoms in total. The third-order valence-corrected chi connectivity index (χ3v) is 3.16. The summed E-state index contributed by atoms with van der Waals surface area (Å²) in [6, 6.07) is 12.2. The maximum atomic E-state index is 12.3. The summed E-state index contributed by atoms with van der Waals surface area (Å²) in [5.74, 6) is -0.612. The normalized spacial score (nSPS) is 10.2. The van der Waals surface area contributed by atoms with E-state index in [1.165, 1.54) is 31.4 Å². The minimum absolute atomic E-state index is 0.0355. The van der Waals surface area contributed by atoms with Gasteiger partial charge in [-0.25, -0.2) is 4.79 Å². The Kier molecular flexibility index (Phi) is 7.36. The molecule has 1 amide bonds. The highest BCUT2D eigenvalue weighted by Crippen LogP contribution is 2.25. The molecule has 2 aromatic carbocycles. The number of nitrogens with one attached hydrogen (secondary N) is 1. The Bertz CT molecular complexity index is 767. The Hall–Kier alpha value is -3.36. The average Bonchev–Trinajstić information content (AvgIpc) is 2.66. The number of rotatable bonds is 9. The molecule has 0 fully saturated rings. The van der Waals surface area contributed by atoms with Crippen LogP contribution in [0.25, 0.3) is 0 Å². The summed E-state index contributed by atoms with van der Waals surface area (Å²) < 4.78 is 43.9. The van der Waals surface area contributed by atoms with Gasteiger partial charge in [0, 0.05) is 0 Å². The lowest BCUT2D eigenvalue weighted by Gasteiger charge is -2.12. The largest absolute Gasteiger partial charge is 0.497 e. The number of para-hydroxylation sites is 2. The van der Waals surface area contributed by atoms with Gasteiger partial charge in [0.05, 0.1) is 12.8 Å². The van der Waals surface area contributed by atoms with E-state index in [0.717, 1.165) is 0 Å². The van der Waals surface area contributed by atoms with E-state index in [1.807, 2.05) is 0 Å². The van der Waals surface area contributed by atoms with Gasteiger partial charge >= 0.3 is 12.6 Å². The number of carbonyl (C=O) groups excluding carboxylic acids is 2. The van der Waals surface area contributed by atoms with Crippen molar-refractivity contribution in [3.63, 3.8) is 0 Å². The minimum atomic E-state index is -3.03. The van der Waals surface area contributed by atoms with E-state index in [1.54, 1.807) is 24.3 Å². The van der Waals surface area contributed by atoms with E-state index in [9.17, 15) is 18.4 Å². The van der Waals surface area contributed by atoms with Gasteiger partial charge in [-0.3, -0.25) is 4.79 Å². The number of anilines is 1. The molecule has 0 aliphatic carbocycles. The van der Waals surface area contributed by atoms with Crippen LogP contribution in [0.1, 0.15) is 0 Å². The highest BCUT2D eigenvalue weighted by Gasteiger charge is 2.13. The highest BCUT2D eigenvalue weighted by atomic mass is 19.3. The molecule has 144 valence electrons. The second-order valence-electron chi connectivity index (χ2n) is 5.05. The maximum absolute atomic E-state index is 12.3. The third kappa shape index (κ3) is 6.81. The molecule has 27 heavy (non-hydrogen) atoms. The van der Waals surface area contributed by atoms with Gasteiger partial charge in [-0.15, -0.1) is 0 Å². The summed E-state index contributed by atoms with van der Waals surface area (Å²) in [6.07, 6.45) is 0. The molecule has 0 saturated carbocycles. The molecular weight excluding hydrogens is 364 g/mol. The molecule has 0 radical (unpaired) electrons. The van der Waals surface area contributed by atoms with Crippen molar-refractivity contribution in [1.29, 1.82) is 0 Å². The lowest BCUT2D eigenvalue weighted by atomic mass is 10.3. The fourth-order valence-electron chi connectivity index (χ4n) is 1.96. The Labute approximate surface area is 153 Å². The zero-order valence-electron chi connectivity index (χ0n) is 14.3. The van der Waals surface area contributed by atoms with Gasteiger partial charge in [0.25, 0.3) is 5.91 Å². The Morgan fingerprint density at radius 2 is 1.67 bits per heavy atom. The lowest BCUT2D eigenvalue weighted by molar-refractivity contribution is -0.149. The van der Waals surface area contributed by atoms with Crippen LogP contribution in [0.3, 0.4) is 0 Å². The lowest BCUT2D eigenvalue weighted by Crippen LogP contribution is -2.24. The average molecular weight is 381 g/mol. The van der Waals surface area contributed by atoms with Crippen LogP contribution in [0.2, 0.25) is 0 Å². The molecule has 9 heteroatoms. The number of alkyl halides is 2. The van der Waals surface area contributed by atoms with Gasteiger partial charge in [0.2, 0.25) is 0 Å². The molecule has 0 saturated heterocycles. The van der Waals surface area contributed by atoms with Gasteiger partial charge in [-0.2, -0.15) is 8.78 Å². The minimum Gasteiger partial charge on any atom is -0.497 e. The van der Waals surface area contributed by atoms with Crippen molar-refractivity contribution in [3.8, 4) is 17.2 Å². The van der Waals surface area contributed by atoms with Crippen LogP contribution in [0.15, 0.2) is 48.5 Å². The molecule has 0 atom stereocenters. The number of amides is 1. The van der Waals surface area contributed by atoms with Crippen molar-refractivity contribution in [2.24, 2.45) is 0 Å².